The predicted octanol–water partition coefficient (Wildman–Crippen LogP) is 0.0442. The molecule has 0 radical (unpaired) electrons. The maximum Gasteiger partial charge on any atom is 0.240 e. The van der Waals surface area contributed by atoms with Gasteiger partial charge in [-0.3, -0.25) is 4.79 Å². The molecule has 1 atom stereocenters. The number of aryl methyl sites for hydroxylation is 1. The fourth-order valence-electron chi connectivity index (χ4n) is 2.06. The van der Waals surface area contributed by atoms with Crippen LogP contribution in [0.1, 0.15) is 18.6 Å². The van der Waals surface area contributed by atoms with Crippen molar-refractivity contribution in [2.45, 2.75) is 25.9 Å². The van der Waals surface area contributed by atoms with Crippen LogP contribution in [0.3, 0.4) is 0 Å². The van der Waals surface area contributed by atoms with Crippen molar-refractivity contribution in [2.75, 3.05) is 30.3 Å². The molecule has 0 saturated carbocycles. The van der Waals surface area contributed by atoms with Crippen LogP contribution in [0.25, 0.3) is 0 Å². The van der Waals surface area contributed by atoms with Gasteiger partial charge in [-0.1, -0.05) is 5.16 Å². The highest BCUT2D eigenvalue weighted by molar-refractivity contribution is 7.92. The van der Waals surface area contributed by atoms with E-state index in [-0.39, 0.29) is 18.5 Å². The van der Waals surface area contributed by atoms with E-state index in [1.807, 2.05) is 0 Å². The summed E-state index contributed by atoms with van der Waals surface area (Å²) in [5, 5.41) is 6.32. The van der Waals surface area contributed by atoms with Crippen molar-refractivity contribution in [2.24, 2.45) is 0 Å². The molecule has 0 aromatic carbocycles. The molecule has 2 heterocycles. The van der Waals surface area contributed by atoms with Gasteiger partial charge in [0.2, 0.25) is 15.9 Å². The van der Waals surface area contributed by atoms with E-state index in [0.717, 1.165) is 23.4 Å². The average molecular weight is 317 g/mol. The summed E-state index contributed by atoms with van der Waals surface area (Å²) in [7, 11) is -3.62. The Labute approximate surface area is 123 Å². The molecule has 1 aromatic heterocycles. The van der Waals surface area contributed by atoms with Crippen molar-refractivity contribution in [1.82, 2.24) is 10.5 Å². The Kier molecular flexibility index (Phi) is 4.84. The largest absolute Gasteiger partial charge is 0.376 e. The SMILES string of the molecule is Cc1cc(N(CC(=O)NCC2CCCO2)S(C)(=O)=O)no1. The van der Waals surface area contributed by atoms with Gasteiger partial charge in [-0.05, 0) is 19.8 Å². The topological polar surface area (TPSA) is 102 Å². The first-order chi connectivity index (χ1) is 9.86. The lowest BCUT2D eigenvalue weighted by molar-refractivity contribution is -0.120. The first-order valence-electron chi connectivity index (χ1n) is 6.65. The van der Waals surface area contributed by atoms with E-state index in [9.17, 15) is 13.2 Å². The van der Waals surface area contributed by atoms with Crippen molar-refractivity contribution in [1.29, 1.82) is 0 Å². The van der Waals surface area contributed by atoms with Crippen LogP contribution in [-0.4, -0.2) is 51.5 Å². The fraction of sp³-hybridized carbons (Fsp3) is 0.667. The molecule has 1 N–H and O–H groups in total. The van der Waals surface area contributed by atoms with E-state index in [1.165, 1.54) is 6.07 Å². The third-order valence-electron chi connectivity index (χ3n) is 3.11. The van der Waals surface area contributed by atoms with E-state index in [1.54, 1.807) is 6.92 Å². The third kappa shape index (κ3) is 4.43. The van der Waals surface area contributed by atoms with Gasteiger partial charge >= 0.3 is 0 Å². The van der Waals surface area contributed by atoms with Gasteiger partial charge in [-0.2, -0.15) is 0 Å². The molecule has 0 bridgehead atoms. The van der Waals surface area contributed by atoms with Crippen molar-refractivity contribution in [3.05, 3.63) is 11.8 Å². The number of hydrogen-bond acceptors (Lipinski definition) is 6. The highest BCUT2D eigenvalue weighted by Crippen LogP contribution is 2.16. The van der Waals surface area contributed by atoms with Gasteiger partial charge in [0.25, 0.3) is 0 Å². The van der Waals surface area contributed by atoms with Crippen LogP contribution in [-0.2, 0) is 19.6 Å². The molecule has 1 fully saturated rings. The number of sulfonamides is 1. The van der Waals surface area contributed by atoms with Crippen LogP contribution in [0.5, 0.6) is 0 Å². The van der Waals surface area contributed by atoms with E-state index in [4.69, 9.17) is 9.26 Å². The second-order valence-corrected chi connectivity index (χ2v) is 6.91. The lowest BCUT2D eigenvalue weighted by atomic mass is 10.2. The predicted molar refractivity (Wildman–Crippen MR) is 75.4 cm³/mol. The highest BCUT2D eigenvalue weighted by Gasteiger charge is 2.24. The molecule has 1 unspecified atom stereocenters. The van der Waals surface area contributed by atoms with Gasteiger partial charge in [0.1, 0.15) is 12.3 Å². The second-order valence-electron chi connectivity index (χ2n) is 5.00. The molecule has 21 heavy (non-hydrogen) atoms. The number of hydrogen-bond donors (Lipinski definition) is 1. The fourth-order valence-corrected chi connectivity index (χ4v) is 2.84. The summed E-state index contributed by atoms with van der Waals surface area (Å²) < 4.78 is 34.7. The van der Waals surface area contributed by atoms with Crippen LogP contribution in [0.15, 0.2) is 10.6 Å². The number of rotatable bonds is 6. The minimum atomic E-state index is -3.62. The van der Waals surface area contributed by atoms with Crippen LogP contribution in [0, 0.1) is 6.92 Å². The standard InChI is InChI=1S/C12H19N3O5S/c1-9-6-11(14-20-9)15(21(2,17)18)8-12(16)13-7-10-4-3-5-19-10/h6,10H,3-5,7-8H2,1-2H3,(H,13,16). The number of carbonyl (C=O) groups is 1. The number of aromatic nitrogens is 1. The molecule has 2 rings (SSSR count). The Hall–Kier alpha value is -1.61. The van der Waals surface area contributed by atoms with Gasteiger partial charge in [-0.25, -0.2) is 12.7 Å². The molecule has 1 saturated heterocycles. The Morgan fingerprint density at radius 3 is 2.86 bits per heavy atom. The van der Waals surface area contributed by atoms with Crippen molar-refractivity contribution in [3.8, 4) is 0 Å². The highest BCUT2D eigenvalue weighted by atomic mass is 32.2. The van der Waals surface area contributed by atoms with Crippen LogP contribution in [0.4, 0.5) is 5.82 Å². The first kappa shape index (κ1) is 15.8. The number of carbonyl (C=O) groups excluding carboxylic acids is 1. The van der Waals surface area contributed by atoms with E-state index < -0.39 is 15.9 Å². The normalized spacial score (nSPS) is 18.7. The number of anilines is 1. The van der Waals surface area contributed by atoms with Crippen LogP contribution < -0.4 is 9.62 Å². The summed E-state index contributed by atoms with van der Waals surface area (Å²) in [6.07, 6.45) is 2.91. The molecule has 8 nitrogen and oxygen atoms in total. The van der Waals surface area contributed by atoms with E-state index >= 15 is 0 Å². The summed E-state index contributed by atoms with van der Waals surface area (Å²) in [5.41, 5.74) is 0. The van der Waals surface area contributed by atoms with Gasteiger partial charge in [0.05, 0.1) is 12.4 Å². The van der Waals surface area contributed by atoms with Gasteiger partial charge in [0, 0.05) is 19.2 Å². The van der Waals surface area contributed by atoms with E-state index in [0.29, 0.717) is 18.9 Å². The average Bonchev–Trinajstić information content (AvgIpc) is 3.03. The molecule has 1 aliphatic rings. The smallest absolute Gasteiger partial charge is 0.240 e. The molecule has 1 aromatic rings. The van der Waals surface area contributed by atoms with Crippen molar-refractivity contribution in [3.63, 3.8) is 0 Å². The lowest BCUT2D eigenvalue weighted by Gasteiger charge is -2.19. The summed E-state index contributed by atoms with van der Waals surface area (Å²) in [4.78, 5) is 11.9. The summed E-state index contributed by atoms with van der Waals surface area (Å²) in [6, 6.07) is 1.47. The second kappa shape index (κ2) is 6.44. The van der Waals surface area contributed by atoms with Crippen LogP contribution in [0.2, 0.25) is 0 Å². The summed E-state index contributed by atoms with van der Waals surface area (Å²) >= 11 is 0. The monoisotopic (exact) mass is 317 g/mol. The summed E-state index contributed by atoms with van der Waals surface area (Å²) in [5.74, 6) is 0.164. The maximum absolute atomic E-state index is 11.9. The minimum absolute atomic E-state index is 0.00919. The van der Waals surface area contributed by atoms with E-state index in [2.05, 4.69) is 10.5 Å². The minimum Gasteiger partial charge on any atom is -0.376 e. The van der Waals surface area contributed by atoms with Gasteiger partial charge < -0.3 is 14.6 Å². The van der Waals surface area contributed by atoms with Crippen molar-refractivity contribution >= 4 is 21.7 Å². The lowest BCUT2D eigenvalue weighted by Crippen LogP contribution is -2.42. The molecule has 9 heteroatoms. The third-order valence-corrected chi connectivity index (χ3v) is 4.23. The molecular formula is C12H19N3O5S. The number of nitrogens with zero attached hydrogens (tertiary/aromatic N) is 2. The molecule has 1 amide bonds. The molecule has 118 valence electrons. The van der Waals surface area contributed by atoms with Gasteiger partial charge in [0.15, 0.2) is 5.82 Å². The Morgan fingerprint density at radius 2 is 2.33 bits per heavy atom. The zero-order valence-corrected chi connectivity index (χ0v) is 12.9. The number of amides is 1. The quantitative estimate of drug-likeness (QED) is 0.795. The summed E-state index contributed by atoms with van der Waals surface area (Å²) in [6.45, 7) is 2.40. The Bertz CT molecular complexity index is 592. The van der Waals surface area contributed by atoms with Gasteiger partial charge in [-0.15, -0.1) is 0 Å². The zero-order valence-electron chi connectivity index (χ0n) is 12.0. The molecule has 1 aliphatic heterocycles. The Morgan fingerprint density at radius 1 is 1.57 bits per heavy atom. The van der Waals surface area contributed by atoms with Crippen molar-refractivity contribution < 1.29 is 22.5 Å². The molecule has 0 aliphatic carbocycles. The molecule has 0 spiro atoms. The maximum atomic E-state index is 11.9. The zero-order chi connectivity index (χ0) is 15.5. The Balaban J connectivity index is 1.96. The van der Waals surface area contributed by atoms with Crippen LogP contribution >= 0.6 is 0 Å². The number of ether oxygens (including phenoxy) is 1. The molecular weight excluding hydrogens is 298 g/mol. The number of nitrogens with one attached hydrogen (secondary N) is 1. The first-order valence-corrected chi connectivity index (χ1v) is 8.50.